The number of halogens is 3. The highest BCUT2D eigenvalue weighted by atomic mass is 19.4. The van der Waals surface area contributed by atoms with Gasteiger partial charge in [0.15, 0.2) is 0 Å². The SMILES string of the molecule is CC1c2ncc(Cn3cccn3)n2CCN1Cc1cnn(C)c1.O=C(O)C(F)(F)F. The van der Waals surface area contributed by atoms with E-state index in [1.54, 1.807) is 0 Å². The Balaban J connectivity index is 0.000000318. The highest BCUT2D eigenvalue weighted by Gasteiger charge is 2.38. The van der Waals surface area contributed by atoms with Crippen LogP contribution in [-0.4, -0.2) is 57.8 Å². The summed E-state index contributed by atoms with van der Waals surface area (Å²) in [4.78, 5) is 16.0. The molecule has 4 heterocycles. The van der Waals surface area contributed by atoms with E-state index in [0.29, 0.717) is 6.04 Å². The van der Waals surface area contributed by atoms with Crippen LogP contribution in [0.4, 0.5) is 13.2 Å². The summed E-state index contributed by atoms with van der Waals surface area (Å²) in [5.74, 6) is -1.62. The lowest BCUT2D eigenvalue weighted by Gasteiger charge is -2.34. The van der Waals surface area contributed by atoms with Crippen LogP contribution in [0.5, 0.6) is 0 Å². The molecule has 0 spiro atoms. The number of hydrogen-bond donors (Lipinski definition) is 1. The Hall–Kier alpha value is -3.15. The maximum atomic E-state index is 10.6. The van der Waals surface area contributed by atoms with E-state index in [-0.39, 0.29) is 0 Å². The van der Waals surface area contributed by atoms with Crippen LogP contribution in [0.2, 0.25) is 0 Å². The lowest BCUT2D eigenvalue weighted by molar-refractivity contribution is -0.192. The molecule has 9 nitrogen and oxygen atoms in total. The van der Waals surface area contributed by atoms with Crippen molar-refractivity contribution in [1.82, 2.24) is 34.0 Å². The molecule has 30 heavy (non-hydrogen) atoms. The third-order valence-electron chi connectivity index (χ3n) is 4.77. The summed E-state index contributed by atoms with van der Waals surface area (Å²) >= 11 is 0. The predicted octanol–water partition coefficient (Wildman–Crippen LogP) is 2.07. The van der Waals surface area contributed by atoms with Gasteiger partial charge in [0.1, 0.15) is 5.82 Å². The normalized spacial score (nSPS) is 16.6. The van der Waals surface area contributed by atoms with Crippen LogP contribution in [0.1, 0.15) is 30.0 Å². The highest BCUT2D eigenvalue weighted by Crippen LogP contribution is 2.27. The Morgan fingerprint density at radius 1 is 1.23 bits per heavy atom. The minimum absolute atomic E-state index is 0.301. The van der Waals surface area contributed by atoms with E-state index in [9.17, 15) is 13.2 Å². The summed E-state index contributed by atoms with van der Waals surface area (Å²) in [5.41, 5.74) is 2.47. The average molecular weight is 425 g/mol. The minimum Gasteiger partial charge on any atom is -0.475 e. The van der Waals surface area contributed by atoms with Gasteiger partial charge in [-0.2, -0.15) is 23.4 Å². The molecule has 1 unspecified atom stereocenters. The fraction of sp³-hybridized carbons (Fsp3) is 0.444. The molecule has 1 N–H and O–H groups in total. The van der Waals surface area contributed by atoms with Crippen LogP contribution in [0.3, 0.4) is 0 Å². The molecule has 0 bridgehead atoms. The number of rotatable bonds is 4. The van der Waals surface area contributed by atoms with Crippen molar-refractivity contribution in [3.63, 3.8) is 0 Å². The molecule has 3 aromatic rings. The van der Waals surface area contributed by atoms with E-state index in [2.05, 4.69) is 37.8 Å². The molecule has 1 atom stereocenters. The van der Waals surface area contributed by atoms with Gasteiger partial charge in [-0.3, -0.25) is 14.3 Å². The largest absolute Gasteiger partial charge is 0.490 e. The number of hydrogen-bond acceptors (Lipinski definition) is 5. The molecule has 0 saturated heterocycles. The molecule has 3 aromatic heterocycles. The zero-order valence-corrected chi connectivity index (χ0v) is 16.5. The molecular weight excluding hydrogens is 403 g/mol. The first-order valence-corrected chi connectivity index (χ1v) is 9.18. The Morgan fingerprint density at radius 2 is 1.97 bits per heavy atom. The smallest absolute Gasteiger partial charge is 0.475 e. The van der Waals surface area contributed by atoms with Crippen molar-refractivity contribution in [2.75, 3.05) is 6.54 Å². The number of fused-ring (bicyclic) bond motifs is 1. The number of nitrogens with zero attached hydrogens (tertiary/aromatic N) is 7. The summed E-state index contributed by atoms with van der Waals surface area (Å²) in [7, 11) is 1.96. The van der Waals surface area contributed by atoms with Crippen molar-refractivity contribution in [1.29, 1.82) is 0 Å². The fourth-order valence-electron chi connectivity index (χ4n) is 3.29. The summed E-state index contributed by atoms with van der Waals surface area (Å²) in [6, 6.07) is 2.25. The van der Waals surface area contributed by atoms with E-state index >= 15 is 0 Å². The molecule has 1 aliphatic rings. The molecule has 0 aliphatic carbocycles. The molecule has 12 heteroatoms. The Labute approximate surface area is 170 Å². The molecule has 0 radical (unpaired) electrons. The number of imidazole rings is 1. The molecule has 0 fully saturated rings. The summed E-state index contributed by atoms with van der Waals surface area (Å²) in [5, 5.41) is 15.7. The Kier molecular flexibility index (Phi) is 6.25. The fourth-order valence-corrected chi connectivity index (χ4v) is 3.29. The van der Waals surface area contributed by atoms with Gasteiger partial charge in [0.25, 0.3) is 0 Å². The summed E-state index contributed by atoms with van der Waals surface area (Å²) < 4.78 is 37.9. The number of carbonyl (C=O) groups is 1. The van der Waals surface area contributed by atoms with Crippen molar-refractivity contribution in [3.8, 4) is 0 Å². The standard InChI is InChI=1S/C16H21N7.C2HF3O2/c1-13-16-17-9-15(12-22-5-3-4-18-22)23(16)7-6-21(13)11-14-8-19-20(2)10-14;3-2(4,5)1(6)7/h3-5,8-10,13H,6-7,11-12H2,1-2H3;(H,6,7). The van der Waals surface area contributed by atoms with Gasteiger partial charge < -0.3 is 9.67 Å². The second kappa shape index (κ2) is 8.69. The molecule has 162 valence electrons. The van der Waals surface area contributed by atoms with Crippen molar-refractivity contribution < 1.29 is 23.1 Å². The lowest BCUT2D eigenvalue weighted by Crippen LogP contribution is -2.37. The predicted molar refractivity (Wildman–Crippen MR) is 99.3 cm³/mol. The van der Waals surface area contributed by atoms with E-state index < -0.39 is 12.1 Å². The molecular formula is C18H22F3N7O2. The van der Waals surface area contributed by atoms with Gasteiger partial charge in [-0.25, -0.2) is 9.78 Å². The van der Waals surface area contributed by atoms with Gasteiger partial charge in [-0.05, 0) is 13.0 Å². The van der Waals surface area contributed by atoms with E-state index in [4.69, 9.17) is 9.90 Å². The molecule has 4 rings (SSSR count). The Morgan fingerprint density at radius 3 is 2.53 bits per heavy atom. The number of aryl methyl sites for hydroxylation is 1. The second-order valence-electron chi connectivity index (χ2n) is 6.93. The van der Waals surface area contributed by atoms with Gasteiger partial charge in [0, 0.05) is 50.8 Å². The van der Waals surface area contributed by atoms with Crippen molar-refractivity contribution in [2.24, 2.45) is 7.05 Å². The molecule has 0 amide bonds. The van der Waals surface area contributed by atoms with Crippen LogP contribution < -0.4 is 0 Å². The number of aromatic nitrogens is 6. The van der Waals surface area contributed by atoms with Crippen LogP contribution >= 0.6 is 0 Å². The zero-order chi connectivity index (χ0) is 21.9. The monoisotopic (exact) mass is 425 g/mol. The highest BCUT2D eigenvalue weighted by molar-refractivity contribution is 5.73. The average Bonchev–Trinajstić information content (AvgIpc) is 3.40. The quantitative estimate of drug-likeness (QED) is 0.688. The van der Waals surface area contributed by atoms with Crippen LogP contribution in [0.15, 0.2) is 37.1 Å². The first kappa shape index (κ1) is 21.6. The van der Waals surface area contributed by atoms with Gasteiger partial charge in [-0.1, -0.05) is 0 Å². The van der Waals surface area contributed by atoms with Gasteiger partial charge >= 0.3 is 12.1 Å². The summed E-state index contributed by atoms with van der Waals surface area (Å²) in [6.45, 7) is 5.90. The van der Waals surface area contributed by atoms with E-state index in [1.807, 2.05) is 47.3 Å². The maximum Gasteiger partial charge on any atom is 0.490 e. The second-order valence-corrected chi connectivity index (χ2v) is 6.93. The van der Waals surface area contributed by atoms with Crippen molar-refractivity contribution >= 4 is 5.97 Å². The molecule has 1 aliphatic heterocycles. The van der Waals surface area contributed by atoms with Gasteiger partial charge in [-0.15, -0.1) is 0 Å². The lowest BCUT2D eigenvalue weighted by atomic mass is 10.2. The number of carboxylic acids is 1. The molecule has 0 aromatic carbocycles. The minimum atomic E-state index is -5.08. The summed E-state index contributed by atoms with van der Waals surface area (Å²) in [6.07, 6.45) is 4.72. The Bertz CT molecular complexity index is 978. The van der Waals surface area contributed by atoms with Crippen LogP contribution in [0.25, 0.3) is 0 Å². The van der Waals surface area contributed by atoms with E-state index in [1.165, 1.54) is 11.3 Å². The van der Waals surface area contributed by atoms with Gasteiger partial charge in [0.2, 0.25) is 0 Å². The zero-order valence-electron chi connectivity index (χ0n) is 16.5. The van der Waals surface area contributed by atoms with Crippen molar-refractivity contribution in [2.45, 2.75) is 38.8 Å². The maximum absolute atomic E-state index is 10.6. The topological polar surface area (TPSA) is 94.0 Å². The first-order chi connectivity index (χ1) is 14.1. The van der Waals surface area contributed by atoms with Crippen molar-refractivity contribution in [3.05, 3.63) is 54.1 Å². The molecule has 0 saturated carbocycles. The number of alkyl halides is 3. The first-order valence-electron chi connectivity index (χ1n) is 9.18. The van der Waals surface area contributed by atoms with Crippen LogP contribution in [-0.2, 0) is 31.5 Å². The number of aliphatic carboxylic acids is 1. The van der Waals surface area contributed by atoms with Gasteiger partial charge in [0.05, 0.1) is 30.7 Å². The van der Waals surface area contributed by atoms with E-state index in [0.717, 1.165) is 32.0 Å². The number of carboxylic acid groups (broad SMARTS) is 1. The van der Waals surface area contributed by atoms with Crippen LogP contribution in [0, 0.1) is 0 Å². The third-order valence-corrected chi connectivity index (χ3v) is 4.77. The third kappa shape index (κ3) is 5.06.